The third-order valence-corrected chi connectivity index (χ3v) is 3.20. The predicted octanol–water partition coefficient (Wildman–Crippen LogP) is 2.38. The summed E-state index contributed by atoms with van der Waals surface area (Å²) in [6.45, 7) is 1.77. The number of nitrogens with one attached hydrogen (secondary N) is 1. The van der Waals surface area contributed by atoms with E-state index in [-0.39, 0.29) is 18.4 Å². The first-order valence-corrected chi connectivity index (χ1v) is 5.96. The molecule has 0 saturated heterocycles. The van der Waals surface area contributed by atoms with Gasteiger partial charge in [-0.1, -0.05) is 11.6 Å². The summed E-state index contributed by atoms with van der Waals surface area (Å²) in [4.78, 5) is 22.5. The van der Waals surface area contributed by atoms with Crippen LogP contribution in [0.3, 0.4) is 0 Å². The molecule has 0 unspecified atom stereocenters. The Balaban J connectivity index is 2.42. The Morgan fingerprint density at radius 3 is 2.75 bits per heavy atom. The zero-order valence-electron chi connectivity index (χ0n) is 8.70. The predicted molar refractivity (Wildman–Crippen MR) is 63.1 cm³/mol. The minimum atomic E-state index is -0.861. The van der Waals surface area contributed by atoms with Crippen LogP contribution in [0, 0.1) is 0 Å². The summed E-state index contributed by atoms with van der Waals surface area (Å²) in [7, 11) is 0. The lowest BCUT2D eigenvalue weighted by molar-refractivity contribution is -0.137. The zero-order valence-corrected chi connectivity index (χ0v) is 10.3. The summed E-state index contributed by atoms with van der Waals surface area (Å²) < 4.78 is 0.559. The SMILES string of the molecule is C[C@H](CCC(=O)O)NC(=O)c1ccc(Cl)s1. The second-order valence-electron chi connectivity index (χ2n) is 3.41. The van der Waals surface area contributed by atoms with E-state index < -0.39 is 5.97 Å². The second kappa shape index (κ2) is 5.86. The molecule has 0 spiro atoms. The van der Waals surface area contributed by atoms with Gasteiger partial charge in [-0.3, -0.25) is 9.59 Å². The van der Waals surface area contributed by atoms with E-state index in [9.17, 15) is 9.59 Å². The topological polar surface area (TPSA) is 66.4 Å². The van der Waals surface area contributed by atoms with Crippen LogP contribution in [-0.2, 0) is 4.79 Å². The standard InChI is InChI=1S/C10H12ClNO3S/c1-6(2-5-9(13)14)12-10(15)7-3-4-8(11)16-7/h3-4,6H,2,5H2,1H3,(H,12,15)(H,13,14)/t6-/m1/s1. The van der Waals surface area contributed by atoms with Crippen molar-refractivity contribution in [3.8, 4) is 0 Å². The van der Waals surface area contributed by atoms with Crippen LogP contribution in [-0.4, -0.2) is 23.0 Å². The van der Waals surface area contributed by atoms with Crippen LogP contribution < -0.4 is 5.32 Å². The summed E-state index contributed by atoms with van der Waals surface area (Å²) in [5.74, 6) is -1.07. The van der Waals surface area contributed by atoms with Crippen molar-refractivity contribution in [2.24, 2.45) is 0 Å². The molecule has 1 heterocycles. The fraction of sp³-hybridized carbons (Fsp3) is 0.400. The molecule has 88 valence electrons. The molecule has 0 fully saturated rings. The fourth-order valence-electron chi connectivity index (χ4n) is 1.14. The summed E-state index contributed by atoms with van der Waals surface area (Å²) in [5.41, 5.74) is 0. The molecule has 0 aromatic carbocycles. The first kappa shape index (κ1) is 13.0. The van der Waals surface area contributed by atoms with Crippen LogP contribution >= 0.6 is 22.9 Å². The first-order valence-electron chi connectivity index (χ1n) is 4.77. The van der Waals surface area contributed by atoms with Crippen LogP contribution in [0.15, 0.2) is 12.1 Å². The monoisotopic (exact) mass is 261 g/mol. The van der Waals surface area contributed by atoms with Crippen LogP contribution in [0.5, 0.6) is 0 Å². The van der Waals surface area contributed by atoms with Crippen molar-refractivity contribution in [3.63, 3.8) is 0 Å². The minimum absolute atomic E-state index is 0.0483. The van der Waals surface area contributed by atoms with Gasteiger partial charge in [0, 0.05) is 12.5 Å². The summed E-state index contributed by atoms with van der Waals surface area (Å²) >= 11 is 6.90. The highest BCUT2D eigenvalue weighted by molar-refractivity contribution is 7.17. The maximum Gasteiger partial charge on any atom is 0.303 e. The lowest BCUT2D eigenvalue weighted by Gasteiger charge is -2.11. The molecule has 1 aromatic rings. The quantitative estimate of drug-likeness (QED) is 0.855. The molecule has 1 rings (SSSR count). The number of carbonyl (C=O) groups is 2. The van der Waals surface area contributed by atoms with E-state index in [1.165, 1.54) is 11.3 Å². The largest absolute Gasteiger partial charge is 0.481 e. The van der Waals surface area contributed by atoms with Crippen LogP contribution in [0.2, 0.25) is 4.34 Å². The molecule has 1 aromatic heterocycles. The van der Waals surface area contributed by atoms with Crippen molar-refractivity contribution in [2.75, 3.05) is 0 Å². The molecule has 1 amide bonds. The van der Waals surface area contributed by atoms with Crippen molar-refractivity contribution in [3.05, 3.63) is 21.3 Å². The Kier molecular flexibility index (Phi) is 4.76. The van der Waals surface area contributed by atoms with Gasteiger partial charge in [0.15, 0.2) is 0 Å². The van der Waals surface area contributed by atoms with E-state index in [2.05, 4.69) is 5.32 Å². The highest BCUT2D eigenvalue weighted by Gasteiger charge is 2.12. The number of carboxylic acids is 1. The number of carboxylic acid groups (broad SMARTS) is 1. The average molecular weight is 262 g/mol. The van der Waals surface area contributed by atoms with Crippen molar-refractivity contribution in [1.29, 1.82) is 0 Å². The van der Waals surface area contributed by atoms with Gasteiger partial charge < -0.3 is 10.4 Å². The normalized spacial score (nSPS) is 12.1. The van der Waals surface area contributed by atoms with Crippen molar-refractivity contribution >= 4 is 34.8 Å². The molecule has 16 heavy (non-hydrogen) atoms. The molecule has 0 bridgehead atoms. The van der Waals surface area contributed by atoms with Crippen molar-refractivity contribution < 1.29 is 14.7 Å². The molecule has 0 aliphatic carbocycles. The Labute approximate surface area is 102 Å². The van der Waals surface area contributed by atoms with E-state index in [1.807, 2.05) is 0 Å². The average Bonchev–Trinajstić information content (AvgIpc) is 2.62. The van der Waals surface area contributed by atoms with Gasteiger partial charge in [0.2, 0.25) is 0 Å². The number of hydrogen-bond acceptors (Lipinski definition) is 3. The Hall–Kier alpha value is -1.07. The van der Waals surface area contributed by atoms with E-state index in [0.29, 0.717) is 15.6 Å². The Bertz CT molecular complexity index is 391. The maximum atomic E-state index is 11.6. The number of amides is 1. The number of halogens is 1. The molecule has 1 atom stereocenters. The Morgan fingerprint density at radius 2 is 2.25 bits per heavy atom. The number of carbonyl (C=O) groups excluding carboxylic acids is 1. The van der Waals surface area contributed by atoms with Gasteiger partial charge in [-0.25, -0.2) is 0 Å². The highest BCUT2D eigenvalue weighted by Crippen LogP contribution is 2.21. The van der Waals surface area contributed by atoms with Gasteiger partial charge in [-0.05, 0) is 25.5 Å². The van der Waals surface area contributed by atoms with Crippen LogP contribution in [0.25, 0.3) is 0 Å². The van der Waals surface area contributed by atoms with E-state index >= 15 is 0 Å². The molecule has 6 heteroatoms. The highest BCUT2D eigenvalue weighted by atomic mass is 35.5. The molecule has 2 N–H and O–H groups in total. The molecule has 0 saturated carbocycles. The molecule has 0 aliphatic rings. The first-order chi connectivity index (χ1) is 7.49. The van der Waals surface area contributed by atoms with Gasteiger partial charge in [0.25, 0.3) is 5.91 Å². The molecule has 4 nitrogen and oxygen atoms in total. The molecule has 0 radical (unpaired) electrons. The molecular weight excluding hydrogens is 250 g/mol. The summed E-state index contributed by atoms with van der Waals surface area (Å²) in [6, 6.07) is 3.14. The Morgan fingerprint density at radius 1 is 1.56 bits per heavy atom. The summed E-state index contributed by atoms with van der Waals surface area (Å²) in [5, 5.41) is 11.2. The number of thiophene rings is 1. The van der Waals surface area contributed by atoms with E-state index in [0.717, 1.165) is 0 Å². The van der Waals surface area contributed by atoms with Gasteiger partial charge in [-0.15, -0.1) is 11.3 Å². The molecular formula is C10H12ClNO3S. The van der Waals surface area contributed by atoms with Gasteiger partial charge in [-0.2, -0.15) is 0 Å². The molecule has 0 aliphatic heterocycles. The second-order valence-corrected chi connectivity index (χ2v) is 5.13. The third-order valence-electron chi connectivity index (χ3n) is 1.97. The van der Waals surface area contributed by atoms with Crippen LogP contribution in [0.4, 0.5) is 0 Å². The van der Waals surface area contributed by atoms with E-state index in [4.69, 9.17) is 16.7 Å². The maximum absolute atomic E-state index is 11.6. The lowest BCUT2D eigenvalue weighted by atomic mass is 10.2. The van der Waals surface area contributed by atoms with E-state index in [1.54, 1.807) is 19.1 Å². The lowest BCUT2D eigenvalue weighted by Crippen LogP contribution is -2.32. The van der Waals surface area contributed by atoms with Crippen molar-refractivity contribution in [1.82, 2.24) is 5.32 Å². The van der Waals surface area contributed by atoms with Gasteiger partial charge in [0.1, 0.15) is 0 Å². The summed E-state index contributed by atoms with van der Waals surface area (Å²) in [6.07, 6.45) is 0.465. The van der Waals surface area contributed by atoms with Gasteiger partial charge >= 0.3 is 5.97 Å². The number of rotatable bonds is 5. The number of aliphatic carboxylic acids is 1. The third kappa shape index (κ3) is 4.20. The smallest absolute Gasteiger partial charge is 0.303 e. The van der Waals surface area contributed by atoms with Crippen LogP contribution in [0.1, 0.15) is 29.4 Å². The fourth-order valence-corrected chi connectivity index (χ4v) is 2.09. The minimum Gasteiger partial charge on any atom is -0.481 e. The van der Waals surface area contributed by atoms with Gasteiger partial charge in [0.05, 0.1) is 9.21 Å². The zero-order chi connectivity index (χ0) is 12.1. The van der Waals surface area contributed by atoms with Crippen molar-refractivity contribution in [2.45, 2.75) is 25.8 Å². The number of hydrogen-bond donors (Lipinski definition) is 2.